The third kappa shape index (κ3) is 2.97. The summed E-state index contributed by atoms with van der Waals surface area (Å²) in [7, 11) is 1.63. The Labute approximate surface area is 102 Å². The zero-order valence-corrected chi connectivity index (χ0v) is 11.2. The van der Waals surface area contributed by atoms with Crippen molar-refractivity contribution in [2.45, 2.75) is 39.3 Å². The molecule has 0 aromatic carbocycles. The van der Waals surface area contributed by atoms with E-state index in [1.54, 1.807) is 32.8 Å². The van der Waals surface area contributed by atoms with Crippen molar-refractivity contribution in [1.29, 1.82) is 0 Å². The Morgan fingerprint density at radius 3 is 2.59 bits per heavy atom. The van der Waals surface area contributed by atoms with Crippen LogP contribution in [-0.2, 0) is 14.3 Å². The van der Waals surface area contributed by atoms with E-state index in [0.717, 1.165) is 0 Å². The molecule has 1 aliphatic rings. The largest absolute Gasteiger partial charge is 0.384 e. The summed E-state index contributed by atoms with van der Waals surface area (Å²) in [5.41, 5.74) is -0.809. The maximum atomic E-state index is 12.2. The van der Waals surface area contributed by atoms with Crippen LogP contribution in [0.5, 0.6) is 0 Å². The van der Waals surface area contributed by atoms with Crippen molar-refractivity contribution in [3.05, 3.63) is 0 Å². The number of piperazine rings is 1. The number of hydrogen-bond donors (Lipinski definition) is 1. The van der Waals surface area contributed by atoms with E-state index in [9.17, 15) is 9.59 Å². The second kappa shape index (κ2) is 5.04. The van der Waals surface area contributed by atoms with Crippen LogP contribution in [0.4, 0.5) is 0 Å². The van der Waals surface area contributed by atoms with Gasteiger partial charge in [0.1, 0.15) is 11.6 Å². The third-order valence-electron chi connectivity index (χ3n) is 3.04. The fourth-order valence-electron chi connectivity index (χ4n) is 2.06. The zero-order valence-electron chi connectivity index (χ0n) is 11.2. The molecule has 0 radical (unpaired) electrons. The number of carbonyl (C=O) groups is 2. The normalized spacial score (nSPS) is 25.7. The Hall–Kier alpha value is -1.10. The highest BCUT2D eigenvalue weighted by molar-refractivity contribution is 5.99. The summed E-state index contributed by atoms with van der Waals surface area (Å²) in [6.07, 6.45) is 0. The molecule has 0 aliphatic carbocycles. The third-order valence-corrected chi connectivity index (χ3v) is 3.04. The van der Waals surface area contributed by atoms with Crippen LogP contribution in [0.2, 0.25) is 0 Å². The van der Waals surface area contributed by atoms with Gasteiger partial charge in [0.25, 0.3) is 0 Å². The quantitative estimate of drug-likeness (QED) is 0.776. The van der Waals surface area contributed by atoms with Crippen LogP contribution in [0.1, 0.15) is 27.7 Å². The highest BCUT2D eigenvalue weighted by Gasteiger charge is 2.43. The smallest absolute Gasteiger partial charge is 0.248 e. The molecule has 1 saturated heterocycles. The molecule has 98 valence electrons. The van der Waals surface area contributed by atoms with E-state index < -0.39 is 11.6 Å². The van der Waals surface area contributed by atoms with Crippen molar-refractivity contribution in [3.8, 4) is 0 Å². The van der Waals surface area contributed by atoms with Crippen LogP contribution >= 0.6 is 0 Å². The van der Waals surface area contributed by atoms with E-state index in [0.29, 0.717) is 13.2 Å². The molecular weight excluding hydrogens is 220 g/mol. The Morgan fingerprint density at radius 2 is 2.06 bits per heavy atom. The second-order valence-corrected chi connectivity index (χ2v) is 5.31. The SMILES string of the molecule is COCC(C)CN1C(=O)C(C)(C)NC(=O)C1C. The fourth-order valence-corrected chi connectivity index (χ4v) is 2.06. The lowest BCUT2D eigenvalue weighted by Crippen LogP contribution is -2.67. The van der Waals surface area contributed by atoms with E-state index >= 15 is 0 Å². The van der Waals surface area contributed by atoms with Crippen LogP contribution in [0.25, 0.3) is 0 Å². The van der Waals surface area contributed by atoms with Gasteiger partial charge in [0.2, 0.25) is 11.8 Å². The van der Waals surface area contributed by atoms with Crippen LogP contribution in [-0.4, -0.2) is 48.6 Å². The Balaban J connectivity index is 2.79. The summed E-state index contributed by atoms with van der Waals surface area (Å²) in [5, 5.41) is 2.73. The lowest BCUT2D eigenvalue weighted by molar-refractivity contribution is -0.153. The monoisotopic (exact) mass is 242 g/mol. The predicted octanol–water partition coefficient (Wildman–Crippen LogP) is 0.394. The molecule has 17 heavy (non-hydrogen) atoms. The first kappa shape index (κ1) is 14.0. The number of nitrogens with zero attached hydrogens (tertiary/aromatic N) is 1. The van der Waals surface area contributed by atoms with Gasteiger partial charge < -0.3 is 15.0 Å². The first-order chi connectivity index (χ1) is 7.79. The molecule has 1 N–H and O–H groups in total. The van der Waals surface area contributed by atoms with Crippen molar-refractivity contribution in [3.63, 3.8) is 0 Å². The molecule has 1 heterocycles. The maximum absolute atomic E-state index is 12.2. The molecule has 1 aliphatic heterocycles. The van der Waals surface area contributed by atoms with Gasteiger partial charge in [-0.05, 0) is 26.7 Å². The number of ether oxygens (including phenoxy) is 1. The van der Waals surface area contributed by atoms with Crippen molar-refractivity contribution in [2.75, 3.05) is 20.3 Å². The summed E-state index contributed by atoms with van der Waals surface area (Å²) in [5.74, 6) is 0.0832. The molecule has 2 unspecified atom stereocenters. The fraction of sp³-hybridized carbons (Fsp3) is 0.833. The summed E-state index contributed by atoms with van der Waals surface area (Å²) in [4.78, 5) is 25.6. The minimum atomic E-state index is -0.809. The van der Waals surface area contributed by atoms with E-state index in [-0.39, 0.29) is 17.7 Å². The van der Waals surface area contributed by atoms with E-state index in [4.69, 9.17) is 4.74 Å². The van der Waals surface area contributed by atoms with Crippen molar-refractivity contribution in [1.82, 2.24) is 10.2 Å². The summed E-state index contributed by atoms with van der Waals surface area (Å²) < 4.78 is 5.06. The van der Waals surface area contributed by atoms with Crippen LogP contribution in [0.15, 0.2) is 0 Å². The molecule has 0 bridgehead atoms. The van der Waals surface area contributed by atoms with Crippen LogP contribution < -0.4 is 5.32 Å². The summed E-state index contributed by atoms with van der Waals surface area (Å²) in [6.45, 7) is 8.34. The first-order valence-corrected chi connectivity index (χ1v) is 5.91. The molecule has 1 rings (SSSR count). The molecule has 5 heteroatoms. The molecule has 2 amide bonds. The van der Waals surface area contributed by atoms with Crippen molar-refractivity contribution < 1.29 is 14.3 Å². The highest BCUT2D eigenvalue weighted by atomic mass is 16.5. The Kier molecular flexibility index (Phi) is 4.14. The first-order valence-electron chi connectivity index (χ1n) is 5.91. The molecule has 0 aromatic heterocycles. The Bertz CT molecular complexity index is 315. The lowest BCUT2D eigenvalue weighted by atomic mass is 9.96. The zero-order chi connectivity index (χ0) is 13.2. The number of carbonyl (C=O) groups excluding carboxylic acids is 2. The number of nitrogens with one attached hydrogen (secondary N) is 1. The molecule has 0 spiro atoms. The minimum Gasteiger partial charge on any atom is -0.384 e. The highest BCUT2D eigenvalue weighted by Crippen LogP contribution is 2.19. The van der Waals surface area contributed by atoms with Gasteiger partial charge in [-0.2, -0.15) is 0 Å². The average molecular weight is 242 g/mol. The Morgan fingerprint density at radius 1 is 1.47 bits per heavy atom. The number of methoxy groups -OCH3 is 1. The maximum Gasteiger partial charge on any atom is 0.248 e. The van der Waals surface area contributed by atoms with Gasteiger partial charge >= 0.3 is 0 Å². The van der Waals surface area contributed by atoms with E-state index in [1.807, 2.05) is 6.92 Å². The molecular formula is C12H22N2O3. The van der Waals surface area contributed by atoms with Gasteiger partial charge in [0.15, 0.2) is 0 Å². The van der Waals surface area contributed by atoms with Gasteiger partial charge in [-0.3, -0.25) is 9.59 Å². The van der Waals surface area contributed by atoms with Gasteiger partial charge in [-0.15, -0.1) is 0 Å². The van der Waals surface area contributed by atoms with Crippen LogP contribution in [0, 0.1) is 5.92 Å². The van der Waals surface area contributed by atoms with Crippen molar-refractivity contribution >= 4 is 11.8 Å². The molecule has 5 nitrogen and oxygen atoms in total. The lowest BCUT2D eigenvalue weighted by Gasteiger charge is -2.42. The van der Waals surface area contributed by atoms with E-state index in [1.165, 1.54) is 0 Å². The number of hydrogen-bond acceptors (Lipinski definition) is 3. The second-order valence-electron chi connectivity index (χ2n) is 5.31. The molecule has 0 aromatic rings. The number of amides is 2. The topological polar surface area (TPSA) is 58.6 Å². The van der Waals surface area contributed by atoms with Crippen LogP contribution in [0.3, 0.4) is 0 Å². The minimum absolute atomic E-state index is 0.0347. The van der Waals surface area contributed by atoms with Gasteiger partial charge in [-0.1, -0.05) is 6.92 Å². The van der Waals surface area contributed by atoms with Crippen molar-refractivity contribution in [2.24, 2.45) is 5.92 Å². The van der Waals surface area contributed by atoms with E-state index in [2.05, 4.69) is 5.32 Å². The molecule has 1 fully saturated rings. The molecule has 2 atom stereocenters. The van der Waals surface area contributed by atoms with Gasteiger partial charge in [0, 0.05) is 13.7 Å². The summed E-state index contributed by atoms with van der Waals surface area (Å²) in [6, 6.07) is -0.408. The predicted molar refractivity (Wildman–Crippen MR) is 64.4 cm³/mol. The average Bonchev–Trinajstić information content (AvgIpc) is 2.22. The molecule has 0 saturated carbocycles. The van der Waals surface area contributed by atoms with Gasteiger partial charge in [0.05, 0.1) is 6.61 Å². The standard InChI is InChI=1S/C12H22N2O3/c1-8(7-17-5)6-14-9(2)10(15)13-12(3,4)11(14)16/h8-9H,6-7H2,1-5H3,(H,13,15). The summed E-state index contributed by atoms with van der Waals surface area (Å²) >= 11 is 0. The number of rotatable bonds is 4. The van der Waals surface area contributed by atoms with Gasteiger partial charge in [-0.25, -0.2) is 0 Å².